The van der Waals surface area contributed by atoms with Gasteiger partial charge in [0.15, 0.2) is 0 Å². The van der Waals surface area contributed by atoms with E-state index >= 15 is 0 Å². The Morgan fingerprint density at radius 3 is 2.67 bits per heavy atom. The fraction of sp³-hybridized carbons (Fsp3) is 0.368. The summed E-state index contributed by atoms with van der Waals surface area (Å²) in [4.78, 5) is 25.3. The Hall–Kier alpha value is -2.14. The van der Waals surface area contributed by atoms with E-state index in [2.05, 4.69) is 17.6 Å². The molecule has 0 aliphatic heterocycles. The van der Waals surface area contributed by atoms with E-state index in [0.717, 1.165) is 6.42 Å². The minimum atomic E-state index is -0.150. The first kappa shape index (κ1) is 16.7. The van der Waals surface area contributed by atoms with Gasteiger partial charge in [0.1, 0.15) is 0 Å². The van der Waals surface area contributed by atoms with Crippen molar-refractivity contribution in [2.45, 2.75) is 38.6 Å². The third-order valence-corrected chi connectivity index (χ3v) is 5.42. The van der Waals surface area contributed by atoms with E-state index in [0.29, 0.717) is 22.0 Å². The summed E-state index contributed by atoms with van der Waals surface area (Å²) in [6.45, 7) is 2.20. The van der Waals surface area contributed by atoms with Crippen LogP contribution in [-0.2, 0) is 0 Å². The number of nitrogens with one attached hydrogen (secondary N) is 2. The van der Waals surface area contributed by atoms with Crippen LogP contribution >= 0.6 is 11.3 Å². The molecule has 126 valence electrons. The van der Waals surface area contributed by atoms with Crippen molar-refractivity contribution in [1.29, 1.82) is 0 Å². The zero-order chi connectivity index (χ0) is 16.9. The quantitative estimate of drug-likeness (QED) is 0.870. The predicted molar refractivity (Wildman–Crippen MR) is 97.6 cm³/mol. The van der Waals surface area contributed by atoms with Gasteiger partial charge in [0, 0.05) is 17.3 Å². The van der Waals surface area contributed by atoms with E-state index in [9.17, 15) is 9.59 Å². The van der Waals surface area contributed by atoms with Crippen molar-refractivity contribution in [3.05, 3.63) is 52.2 Å². The van der Waals surface area contributed by atoms with Gasteiger partial charge in [-0.15, -0.1) is 11.3 Å². The first-order chi connectivity index (χ1) is 11.6. The molecule has 4 nitrogen and oxygen atoms in total. The minimum absolute atomic E-state index is 0.0685. The molecule has 1 aliphatic rings. The number of thiophene rings is 1. The van der Waals surface area contributed by atoms with E-state index in [4.69, 9.17) is 0 Å². The summed E-state index contributed by atoms with van der Waals surface area (Å²) < 4.78 is 0. The molecule has 0 radical (unpaired) electrons. The summed E-state index contributed by atoms with van der Waals surface area (Å²) in [5.41, 5.74) is 1.22. The van der Waals surface area contributed by atoms with Crippen LogP contribution in [0.5, 0.6) is 0 Å². The van der Waals surface area contributed by atoms with E-state index in [1.807, 2.05) is 11.4 Å². The molecule has 5 heteroatoms. The van der Waals surface area contributed by atoms with Crippen molar-refractivity contribution in [2.24, 2.45) is 5.92 Å². The molecule has 2 atom stereocenters. The van der Waals surface area contributed by atoms with Gasteiger partial charge >= 0.3 is 0 Å². The molecule has 2 aromatic rings. The number of rotatable bonds is 4. The Balaban J connectivity index is 1.66. The van der Waals surface area contributed by atoms with Crippen LogP contribution in [0.1, 0.15) is 52.6 Å². The normalized spacial score (nSPS) is 20.4. The maximum absolute atomic E-state index is 12.5. The summed E-state index contributed by atoms with van der Waals surface area (Å²) in [6.07, 6.45) is 4.63. The lowest BCUT2D eigenvalue weighted by Gasteiger charge is -2.29. The Morgan fingerprint density at radius 1 is 1.08 bits per heavy atom. The van der Waals surface area contributed by atoms with E-state index in [-0.39, 0.29) is 17.9 Å². The number of hydrogen-bond donors (Lipinski definition) is 2. The van der Waals surface area contributed by atoms with Gasteiger partial charge in [-0.1, -0.05) is 31.9 Å². The standard InChI is InChI=1S/C19H22N2O2S/c1-13-6-2-3-9-16(13)21-18(22)14-7-4-8-15(12-14)20-19(23)17-10-5-11-24-17/h4-5,7-8,10-13,16H,2-3,6,9H2,1H3,(H,20,23)(H,21,22)/t13-,16-/m0/s1. The maximum Gasteiger partial charge on any atom is 0.265 e. The predicted octanol–water partition coefficient (Wildman–Crippen LogP) is 4.31. The Bertz CT molecular complexity index is 712. The van der Waals surface area contributed by atoms with Gasteiger partial charge in [-0.25, -0.2) is 0 Å². The van der Waals surface area contributed by atoms with Crippen LogP contribution in [0.4, 0.5) is 5.69 Å². The van der Waals surface area contributed by atoms with Gasteiger partial charge < -0.3 is 10.6 Å². The summed E-state index contributed by atoms with van der Waals surface area (Å²) in [7, 11) is 0. The molecular formula is C19H22N2O2S. The molecule has 0 unspecified atom stereocenters. The Kier molecular flexibility index (Phi) is 5.30. The Labute approximate surface area is 146 Å². The monoisotopic (exact) mass is 342 g/mol. The molecule has 2 N–H and O–H groups in total. The van der Waals surface area contributed by atoms with Crippen LogP contribution in [0.3, 0.4) is 0 Å². The van der Waals surface area contributed by atoms with Crippen molar-refractivity contribution in [3.8, 4) is 0 Å². The molecule has 0 spiro atoms. The zero-order valence-electron chi connectivity index (χ0n) is 13.7. The lowest BCUT2D eigenvalue weighted by molar-refractivity contribution is 0.0909. The molecule has 1 aromatic heterocycles. The topological polar surface area (TPSA) is 58.2 Å². The van der Waals surface area contributed by atoms with Crippen molar-refractivity contribution in [2.75, 3.05) is 5.32 Å². The molecule has 1 heterocycles. The largest absolute Gasteiger partial charge is 0.349 e. The fourth-order valence-electron chi connectivity index (χ4n) is 3.12. The number of carbonyl (C=O) groups is 2. The number of carbonyl (C=O) groups excluding carboxylic acids is 2. The highest BCUT2D eigenvalue weighted by atomic mass is 32.1. The lowest BCUT2D eigenvalue weighted by atomic mass is 9.86. The van der Waals surface area contributed by atoms with Gasteiger partial charge in [-0.3, -0.25) is 9.59 Å². The van der Waals surface area contributed by atoms with Gasteiger partial charge in [-0.2, -0.15) is 0 Å². The average molecular weight is 342 g/mol. The molecule has 1 aromatic carbocycles. The van der Waals surface area contributed by atoms with E-state index in [1.165, 1.54) is 30.6 Å². The second kappa shape index (κ2) is 7.62. The first-order valence-corrected chi connectivity index (χ1v) is 9.27. The highest BCUT2D eigenvalue weighted by molar-refractivity contribution is 7.12. The molecule has 1 fully saturated rings. The molecule has 1 saturated carbocycles. The molecule has 3 rings (SSSR count). The third-order valence-electron chi connectivity index (χ3n) is 4.56. The molecule has 0 bridgehead atoms. The van der Waals surface area contributed by atoms with Crippen LogP contribution < -0.4 is 10.6 Å². The van der Waals surface area contributed by atoms with Gasteiger partial charge in [0.2, 0.25) is 0 Å². The number of hydrogen-bond acceptors (Lipinski definition) is 3. The molecule has 1 aliphatic carbocycles. The van der Waals surface area contributed by atoms with Crippen LogP contribution in [0.15, 0.2) is 41.8 Å². The van der Waals surface area contributed by atoms with Crippen molar-refractivity contribution in [3.63, 3.8) is 0 Å². The van der Waals surface area contributed by atoms with Crippen LogP contribution in [0.2, 0.25) is 0 Å². The molecule has 24 heavy (non-hydrogen) atoms. The second-order valence-electron chi connectivity index (χ2n) is 6.35. The second-order valence-corrected chi connectivity index (χ2v) is 7.30. The number of amides is 2. The highest BCUT2D eigenvalue weighted by Crippen LogP contribution is 2.24. The smallest absolute Gasteiger partial charge is 0.265 e. The van der Waals surface area contributed by atoms with E-state index < -0.39 is 0 Å². The molecule has 2 amide bonds. The van der Waals surface area contributed by atoms with Crippen molar-refractivity contribution < 1.29 is 9.59 Å². The molecular weight excluding hydrogens is 320 g/mol. The van der Waals surface area contributed by atoms with Gasteiger partial charge in [0.25, 0.3) is 11.8 Å². The summed E-state index contributed by atoms with van der Waals surface area (Å²) in [5.74, 6) is 0.300. The fourth-order valence-corrected chi connectivity index (χ4v) is 3.74. The van der Waals surface area contributed by atoms with Gasteiger partial charge in [-0.05, 0) is 48.4 Å². The lowest BCUT2D eigenvalue weighted by Crippen LogP contribution is -2.41. The first-order valence-electron chi connectivity index (χ1n) is 8.39. The van der Waals surface area contributed by atoms with Crippen molar-refractivity contribution >= 4 is 28.8 Å². The van der Waals surface area contributed by atoms with Crippen molar-refractivity contribution in [1.82, 2.24) is 5.32 Å². The number of anilines is 1. The van der Waals surface area contributed by atoms with Gasteiger partial charge in [0.05, 0.1) is 4.88 Å². The van der Waals surface area contributed by atoms with E-state index in [1.54, 1.807) is 30.3 Å². The van der Waals surface area contributed by atoms with Crippen LogP contribution in [0.25, 0.3) is 0 Å². The minimum Gasteiger partial charge on any atom is -0.349 e. The SMILES string of the molecule is C[C@H]1CCCC[C@@H]1NC(=O)c1cccc(NC(=O)c2cccs2)c1. The van der Waals surface area contributed by atoms with Crippen LogP contribution in [0, 0.1) is 5.92 Å². The summed E-state index contributed by atoms with van der Waals surface area (Å²) >= 11 is 1.39. The number of benzene rings is 1. The Morgan fingerprint density at radius 2 is 1.92 bits per heavy atom. The zero-order valence-corrected chi connectivity index (χ0v) is 14.6. The van der Waals surface area contributed by atoms with Crippen LogP contribution in [-0.4, -0.2) is 17.9 Å². The maximum atomic E-state index is 12.5. The molecule has 0 saturated heterocycles. The third kappa shape index (κ3) is 4.03. The summed E-state index contributed by atoms with van der Waals surface area (Å²) in [6, 6.07) is 11.0. The highest BCUT2D eigenvalue weighted by Gasteiger charge is 2.23. The average Bonchev–Trinajstić information content (AvgIpc) is 3.12. The summed E-state index contributed by atoms with van der Waals surface area (Å²) in [5, 5.41) is 7.85.